The number of aryl methyl sites for hydroxylation is 1. The van der Waals surface area contributed by atoms with E-state index in [0.717, 1.165) is 18.8 Å². The Bertz CT molecular complexity index is 555. The van der Waals surface area contributed by atoms with E-state index in [-0.39, 0.29) is 0 Å². The minimum Gasteiger partial charge on any atom is -0.468 e. The van der Waals surface area contributed by atoms with Gasteiger partial charge in [0.05, 0.1) is 12.8 Å². The summed E-state index contributed by atoms with van der Waals surface area (Å²) in [6.07, 6.45) is 4.40. The second kappa shape index (κ2) is 5.71. The van der Waals surface area contributed by atoms with E-state index in [1.54, 1.807) is 6.26 Å². The highest BCUT2D eigenvalue weighted by atomic mass is 16.3. The van der Waals surface area contributed by atoms with Crippen molar-refractivity contribution >= 4 is 5.69 Å². The predicted octanol–water partition coefficient (Wildman–Crippen LogP) is 3.48. The molecule has 0 amide bonds. The van der Waals surface area contributed by atoms with Crippen molar-refractivity contribution in [3.8, 4) is 0 Å². The molecule has 0 atom stereocenters. The molecule has 2 aromatic rings. The lowest BCUT2D eigenvalue weighted by molar-refractivity contribution is 0.477. The number of rotatable bonds is 6. The summed E-state index contributed by atoms with van der Waals surface area (Å²) in [7, 11) is 2.12. The Labute approximate surface area is 120 Å². The molecule has 1 aliphatic carbocycles. The van der Waals surface area contributed by atoms with E-state index >= 15 is 0 Å². The number of benzene rings is 1. The van der Waals surface area contributed by atoms with Crippen LogP contribution >= 0.6 is 0 Å². The van der Waals surface area contributed by atoms with Gasteiger partial charge in [-0.25, -0.2) is 0 Å². The number of hydrogen-bond acceptors (Lipinski definition) is 3. The van der Waals surface area contributed by atoms with Crippen LogP contribution in [0.3, 0.4) is 0 Å². The number of furan rings is 1. The van der Waals surface area contributed by atoms with Crippen molar-refractivity contribution < 1.29 is 4.42 Å². The zero-order valence-corrected chi connectivity index (χ0v) is 12.2. The lowest BCUT2D eigenvalue weighted by Gasteiger charge is -2.19. The molecule has 106 valence electrons. The van der Waals surface area contributed by atoms with Crippen LogP contribution in [0.5, 0.6) is 0 Å². The van der Waals surface area contributed by atoms with E-state index < -0.39 is 0 Å². The molecule has 1 heterocycles. The van der Waals surface area contributed by atoms with Gasteiger partial charge in [-0.3, -0.25) is 0 Å². The normalized spacial score (nSPS) is 14.5. The molecule has 0 radical (unpaired) electrons. The summed E-state index contributed by atoms with van der Waals surface area (Å²) < 4.78 is 5.61. The van der Waals surface area contributed by atoms with E-state index in [4.69, 9.17) is 4.42 Å². The zero-order valence-electron chi connectivity index (χ0n) is 12.2. The molecule has 3 rings (SSSR count). The van der Waals surface area contributed by atoms with Gasteiger partial charge in [-0.15, -0.1) is 0 Å². The molecule has 1 saturated carbocycles. The first-order chi connectivity index (χ1) is 9.72. The first-order valence-electron chi connectivity index (χ1n) is 7.29. The molecule has 20 heavy (non-hydrogen) atoms. The highest BCUT2D eigenvalue weighted by Crippen LogP contribution is 2.22. The summed E-state index contributed by atoms with van der Waals surface area (Å²) in [6, 6.07) is 11.4. The van der Waals surface area contributed by atoms with E-state index in [1.165, 1.54) is 29.7 Å². The molecule has 3 heteroatoms. The fourth-order valence-electron chi connectivity index (χ4n) is 2.33. The van der Waals surface area contributed by atoms with Gasteiger partial charge in [0.25, 0.3) is 0 Å². The monoisotopic (exact) mass is 270 g/mol. The van der Waals surface area contributed by atoms with E-state index in [9.17, 15) is 0 Å². The summed E-state index contributed by atoms with van der Waals surface area (Å²) in [5, 5.41) is 3.51. The molecule has 0 saturated heterocycles. The van der Waals surface area contributed by atoms with Crippen molar-refractivity contribution in [1.82, 2.24) is 5.32 Å². The molecular formula is C17H22N2O. The third kappa shape index (κ3) is 3.23. The Hall–Kier alpha value is -1.74. The molecule has 0 unspecified atom stereocenters. The van der Waals surface area contributed by atoms with Crippen molar-refractivity contribution in [2.75, 3.05) is 11.9 Å². The maximum Gasteiger partial charge on any atom is 0.122 e. The van der Waals surface area contributed by atoms with Gasteiger partial charge < -0.3 is 14.6 Å². The SMILES string of the molecule is Cc1ccc(N(C)Cc2ccoc2CNC2CC2)cc1. The molecule has 1 aliphatic rings. The number of anilines is 1. The highest BCUT2D eigenvalue weighted by Gasteiger charge is 2.21. The maximum atomic E-state index is 5.61. The third-order valence-electron chi connectivity index (χ3n) is 3.85. The summed E-state index contributed by atoms with van der Waals surface area (Å²) in [4.78, 5) is 2.25. The van der Waals surface area contributed by atoms with Crippen LogP contribution in [0.1, 0.15) is 29.7 Å². The lowest BCUT2D eigenvalue weighted by atomic mass is 10.2. The number of nitrogens with zero attached hydrogens (tertiary/aromatic N) is 1. The average Bonchev–Trinajstić information content (AvgIpc) is 3.18. The summed E-state index contributed by atoms with van der Waals surface area (Å²) >= 11 is 0. The van der Waals surface area contributed by atoms with Crippen molar-refractivity contribution in [3.05, 3.63) is 53.5 Å². The molecule has 1 aromatic carbocycles. The highest BCUT2D eigenvalue weighted by molar-refractivity contribution is 5.47. The van der Waals surface area contributed by atoms with Crippen LogP contribution < -0.4 is 10.2 Å². The second-order valence-corrected chi connectivity index (χ2v) is 5.72. The lowest BCUT2D eigenvalue weighted by Crippen LogP contribution is -2.19. The van der Waals surface area contributed by atoms with Crippen molar-refractivity contribution in [2.45, 2.75) is 38.9 Å². The minimum absolute atomic E-state index is 0.711. The summed E-state index contributed by atoms with van der Waals surface area (Å²) in [5.74, 6) is 1.07. The van der Waals surface area contributed by atoms with Gasteiger partial charge in [0.15, 0.2) is 0 Å². The Balaban J connectivity index is 1.64. The van der Waals surface area contributed by atoms with Gasteiger partial charge in [-0.1, -0.05) is 17.7 Å². The molecule has 1 fully saturated rings. The zero-order chi connectivity index (χ0) is 13.9. The Morgan fingerprint density at radius 3 is 2.65 bits per heavy atom. The topological polar surface area (TPSA) is 28.4 Å². The Morgan fingerprint density at radius 2 is 1.95 bits per heavy atom. The standard InChI is InChI=1S/C17H22N2O/c1-13-3-7-16(8-4-13)19(2)12-14-9-10-20-17(14)11-18-15-5-6-15/h3-4,7-10,15,18H,5-6,11-12H2,1-2H3. The quantitative estimate of drug-likeness (QED) is 0.871. The van der Waals surface area contributed by atoms with Gasteiger partial charge in [-0.05, 0) is 38.0 Å². The van der Waals surface area contributed by atoms with Crippen molar-refractivity contribution in [1.29, 1.82) is 0 Å². The van der Waals surface area contributed by atoms with Crippen LogP contribution in [0.15, 0.2) is 41.0 Å². The first kappa shape index (κ1) is 13.3. The van der Waals surface area contributed by atoms with Crippen LogP contribution in [0.25, 0.3) is 0 Å². The second-order valence-electron chi connectivity index (χ2n) is 5.72. The van der Waals surface area contributed by atoms with E-state index in [2.05, 4.69) is 54.5 Å². The summed E-state index contributed by atoms with van der Waals surface area (Å²) in [5.41, 5.74) is 3.79. The first-order valence-corrected chi connectivity index (χ1v) is 7.29. The molecule has 1 N–H and O–H groups in total. The maximum absolute atomic E-state index is 5.61. The van der Waals surface area contributed by atoms with Crippen LogP contribution in [-0.4, -0.2) is 13.1 Å². The third-order valence-corrected chi connectivity index (χ3v) is 3.85. The predicted molar refractivity (Wildman–Crippen MR) is 81.9 cm³/mol. The largest absolute Gasteiger partial charge is 0.468 e. The molecule has 0 spiro atoms. The average molecular weight is 270 g/mol. The van der Waals surface area contributed by atoms with Crippen LogP contribution in [0.4, 0.5) is 5.69 Å². The fraction of sp³-hybridized carbons (Fsp3) is 0.412. The van der Waals surface area contributed by atoms with Gasteiger partial charge in [0.1, 0.15) is 5.76 Å². The van der Waals surface area contributed by atoms with Crippen molar-refractivity contribution in [3.63, 3.8) is 0 Å². The molecule has 0 aliphatic heterocycles. The van der Waals surface area contributed by atoms with Crippen LogP contribution in [0, 0.1) is 6.92 Å². The molecule has 3 nitrogen and oxygen atoms in total. The Morgan fingerprint density at radius 1 is 1.20 bits per heavy atom. The van der Waals surface area contributed by atoms with Gasteiger partial charge >= 0.3 is 0 Å². The van der Waals surface area contributed by atoms with Gasteiger partial charge in [0, 0.05) is 30.9 Å². The van der Waals surface area contributed by atoms with Crippen molar-refractivity contribution in [2.24, 2.45) is 0 Å². The van der Waals surface area contributed by atoms with Crippen LogP contribution in [-0.2, 0) is 13.1 Å². The number of hydrogen-bond donors (Lipinski definition) is 1. The number of nitrogens with one attached hydrogen (secondary N) is 1. The molecule has 1 aromatic heterocycles. The molecule has 0 bridgehead atoms. The molecular weight excluding hydrogens is 248 g/mol. The fourth-order valence-corrected chi connectivity index (χ4v) is 2.33. The van der Waals surface area contributed by atoms with Gasteiger partial charge in [0.2, 0.25) is 0 Å². The van der Waals surface area contributed by atoms with Crippen LogP contribution in [0.2, 0.25) is 0 Å². The minimum atomic E-state index is 0.711. The summed E-state index contributed by atoms with van der Waals surface area (Å²) in [6.45, 7) is 3.83. The van der Waals surface area contributed by atoms with Gasteiger partial charge in [-0.2, -0.15) is 0 Å². The van der Waals surface area contributed by atoms with E-state index in [1.807, 2.05) is 0 Å². The Kier molecular flexibility index (Phi) is 3.79. The van der Waals surface area contributed by atoms with E-state index in [0.29, 0.717) is 6.04 Å². The smallest absolute Gasteiger partial charge is 0.122 e.